The number of nitrogens with two attached hydrogens (primary N) is 1. The molecular weight excluding hydrogens is 406 g/mol. The van der Waals surface area contributed by atoms with Gasteiger partial charge in [0.25, 0.3) is 5.91 Å². The van der Waals surface area contributed by atoms with E-state index in [1.165, 1.54) is 0 Å². The maximum atomic E-state index is 13.1. The minimum Gasteiger partial charge on any atom is -0.366 e. The fourth-order valence-electron chi connectivity index (χ4n) is 3.36. The molecular formula is C23H21N7O2. The summed E-state index contributed by atoms with van der Waals surface area (Å²) in [6, 6.07) is 13.6. The molecule has 0 aliphatic carbocycles. The number of hydrogen-bond donors (Lipinski definition) is 2. The summed E-state index contributed by atoms with van der Waals surface area (Å²) in [5.41, 5.74) is 8.02. The summed E-state index contributed by atoms with van der Waals surface area (Å²) in [4.78, 5) is 34.0. The van der Waals surface area contributed by atoms with E-state index < -0.39 is 11.8 Å². The number of benzene rings is 1. The van der Waals surface area contributed by atoms with E-state index in [-0.39, 0.29) is 17.2 Å². The van der Waals surface area contributed by atoms with Crippen LogP contribution in [0.25, 0.3) is 22.8 Å². The summed E-state index contributed by atoms with van der Waals surface area (Å²) in [5, 5.41) is 11.0. The Labute approximate surface area is 184 Å². The number of primary amides is 1. The third-order valence-corrected chi connectivity index (χ3v) is 4.88. The van der Waals surface area contributed by atoms with Gasteiger partial charge in [0.05, 0.1) is 5.69 Å². The summed E-state index contributed by atoms with van der Waals surface area (Å²) < 4.78 is 1.89. The van der Waals surface area contributed by atoms with Crippen LogP contribution in [0.2, 0.25) is 0 Å². The molecule has 1 aromatic carbocycles. The Hall–Kier alpha value is -4.40. The van der Waals surface area contributed by atoms with Crippen LogP contribution < -0.4 is 11.1 Å². The number of nitrogens with one attached hydrogen (secondary N) is 1. The number of rotatable bonds is 6. The topological polar surface area (TPSA) is 129 Å². The van der Waals surface area contributed by atoms with Crippen molar-refractivity contribution in [3.05, 3.63) is 78.4 Å². The highest BCUT2D eigenvalue weighted by Crippen LogP contribution is 2.29. The number of anilines is 1. The molecule has 4 aromatic rings. The zero-order chi connectivity index (χ0) is 22.7. The molecule has 0 aliphatic heterocycles. The van der Waals surface area contributed by atoms with Crippen molar-refractivity contribution in [1.82, 2.24) is 24.7 Å². The minimum atomic E-state index is -0.656. The summed E-state index contributed by atoms with van der Waals surface area (Å²) in [6.07, 6.45) is 4.79. The molecule has 0 unspecified atom stereocenters. The highest BCUT2D eigenvalue weighted by Gasteiger charge is 2.21. The number of nitrogens with zero attached hydrogens (tertiary/aromatic N) is 5. The first-order chi connectivity index (χ1) is 15.5. The lowest BCUT2D eigenvalue weighted by Gasteiger charge is -2.14. The predicted molar refractivity (Wildman–Crippen MR) is 120 cm³/mol. The van der Waals surface area contributed by atoms with Crippen molar-refractivity contribution < 1.29 is 9.59 Å². The third kappa shape index (κ3) is 4.08. The van der Waals surface area contributed by atoms with Crippen LogP contribution in [-0.4, -0.2) is 36.5 Å². The van der Waals surface area contributed by atoms with Crippen molar-refractivity contribution in [2.75, 3.05) is 5.32 Å². The van der Waals surface area contributed by atoms with E-state index in [9.17, 15) is 9.59 Å². The van der Waals surface area contributed by atoms with E-state index in [1.807, 2.05) is 18.4 Å². The monoisotopic (exact) mass is 427 g/mol. The second-order valence-corrected chi connectivity index (χ2v) is 7.35. The van der Waals surface area contributed by atoms with Gasteiger partial charge >= 0.3 is 0 Å². The quantitative estimate of drug-likeness (QED) is 0.486. The van der Waals surface area contributed by atoms with Gasteiger partial charge in [0.1, 0.15) is 12.0 Å². The van der Waals surface area contributed by atoms with Gasteiger partial charge in [-0.1, -0.05) is 12.1 Å². The second kappa shape index (κ2) is 8.76. The number of carbonyl (C=O) groups is 2. The molecule has 3 aromatic heterocycles. The van der Waals surface area contributed by atoms with Crippen LogP contribution in [0.4, 0.5) is 5.69 Å². The number of carbonyl (C=O) groups excluding carboxylic acids is 2. The smallest absolute Gasteiger partial charge is 0.256 e. The molecule has 0 radical (unpaired) electrons. The molecule has 0 saturated heterocycles. The van der Waals surface area contributed by atoms with E-state index in [1.54, 1.807) is 67.3 Å². The number of aromatic nitrogens is 5. The van der Waals surface area contributed by atoms with E-state index >= 15 is 0 Å². The second-order valence-electron chi connectivity index (χ2n) is 7.35. The number of hydrogen-bond acceptors (Lipinski definition) is 6. The Kier molecular flexibility index (Phi) is 5.71. The van der Waals surface area contributed by atoms with Gasteiger partial charge in [-0.15, -0.1) is 10.2 Å². The first-order valence-corrected chi connectivity index (χ1v) is 9.97. The Balaban J connectivity index is 1.83. The standard InChI is InChI=1S/C23H21N7O2/c1-14(2)30-13-26-29-22(30)19-8-4-7-18(28-19)20-16(21(24)31)5-3-6-17(20)23(32)27-15-9-11-25-12-10-15/h3-14H,1-2H3,(H2,24,31)(H,25,27,32). The van der Waals surface area contributed by atoms with Gasteiger partial charge in [-0.05, 0) is 50.2 Å². The Morgan fingerprint density at radius 2 is 1.66 bits per heavy atom. The zero-order valence-corrected chi connectivity index (χ0v) is 17.6. The van der Waals surface area contributed by atoms with E-state index in [2.05, 4.69) is 20.5 Å². The van der Waals surface area contributed by atoms with Crippen LogP contribution in [0.1, 0.15) is 40.6 Å². The van der Waals surface area contributed by atoms with Crippen LogP contribution in [0.3, 0.4) is 0 Å². The maximum Gasteiger partial charge on any atom is 0.256 e. The van der Waals surface area contributed by atoms with Crippen LogP contribution in [0.15, 0.2) is 67.3 Å². The molecule has 9 nitrogen and oxygen atoms in total. The van der Waals surface area contributed by atoms with Crippen LogP contribution in [0, 0.1) is 0 Å². The zero-order valence-electron chi connectivity index (χ0n) is 17.6. The predicted octanol–water partition coefficient (Wildman–Crippen LogP) is 3.33. The van der Waals surface area contributed by atoms with Crippen LogP contribution in [0.5, 0.6) is 0 Å². The van der Waals surface area contributed by atoms with Gasteiger partial charge < -0.3 is 15.6 Å². The highest BCUT2D eigenvalue weighted by atomic mass is 16.2. The lowest BCUT2D eigenvalue weighted by atomic mass is 9.96. The summed E-state index contributed by atoms with van der Waals surface area (Å²) in [7, 11) is 0. The van der Waals surface area contributed by atoms with E-state index in [0.29, 0.717) is 28.5 Å². The number of amides is 2. The van der Waals surface area contributed by atoms with Crippen molar-refractivity contribution in [2.45, 2.75) is 19.9 Å². The first kappa shape index (κ1) is 20.9. The third-order valence-electron chi connectivity index (χ3n) is 4.88. The average molecular weight is 427 g/mol. The molecule has 32 heavy (non-hydrogen) atoms. The van der Waals surface area contributed by atoms with Crippen molar-refractivity contribution in [2.24, 2.45) is 5.73 Å². The van der Waals surface area contributed by atoms with Crippen molar-refractivity contribution >= 4 is 17.5 Å². The molecule has 160 valence electrons. The lowest BCUT2D eigenvalue weighted by Crippen LogP contribution is -2.18. The van der Waals surface area contributed by atoms with Gasteiger partial charge in [0, 0.05) is 40.8 Å². The molecule has 4 rings (SSSR count). The fourth-order valence-corrected chi connectivity index (χ4v) is 3.36. The molecule has 9 heteroatoms. The Bertz CT molecular complexity index is 1280. The normalized spacial score (nSPS) is 10.8. The van der Waals surface area contributed by atoms with Gasteiger partial charge in [-0.2, -0.15) is 0 Å². The van der Waals surface area contributed by atoms with Gasteiger partial charge in [0.15, 0.2) is 5.82 Å². The largest absolute Gasteiger partial charge is 0.366 e. The number of pyridine rings is 2. The molecule has 0 saturated carbocycles. The molecule has 0 atom stereocenters. The van der Waals surface area contributed by atoms with Crippen LogP contribution in [-0.2, 0) is 0 Å². The van der Waals surface area contributed by atoms with Crippen molar-refractivity contribution in [1.29, 1.82) is 0 Å². The van der Waals surface area contributed by atoms with Gasteiger partial charge in [0.2, 0.25) is 5.91 Å². The summed E-state index contributed by atoms with van der Waals surface area (Å²) >= 11 is 0. The molecule has 0 fully saturated rings. The highest BCUT2D eigenvalue weighted by molar-refractivity contribution is 6.12. The fraction of sp³-hybridized carbons (Fsp3) is 0.130. The molecule has 3 heterocycles. The lowest BCUT2D eigenvalue weighted by molar-refractivity contribution is 0.100. The minimum absolute atomic E-state index is 0.130. The molecule has 3 N–H and O–H groups in total. The van der Waals surface area contributed by atoms with Gasteiger partial charge in [-0.3, -0.25) is 14.6 Å². The van der Waals surface area contributed by atoms with E-state index in [0.717, 1.165) is 0 Å². The molecule has 0 aliphatic rings. The molecule has 0 spiro atoms. The average Bonchev–Trinajstić information content (AvgIpc) is 3.30. The Morgan fingerprint density at radius 1 is 0.969 bits per heavy atom. The SMILES string of the molecule is CC(C)n1cnnc1-c1cccc(-c2c(C(N)=O)cccc2C(=O)Nc2ccncc2)n1. The van der Waals surface area contributed by atoms with Gasteiger partial charge in [-0.25, -0.2) is 4.98 Å². The molecule has 0 bridgehead atoms. The first-order valence-electron chi connectivity index (χ1n) is 9.97. The van der Waals surface area contributed by atoms with E-state index in [4.69, 9.17) is 10.7 Å². The summed E-state index contributed by atoms with van der Waals surface area (Å²) in [5.74, 6) is -0.468. The Morgan fingerprint density at radius 3 is 2.38 bits per heavy atom. The van der Waals surface area contributed by atoms with Crippen molar-refractivity contribution in [3.63, 3.8) is 0 Å². The molecule has 2 amide bonds. The van der Waals surface area contributed by atoms with Crippen LogP contribution >= 0.6 is 0 Å². The summed E-state index contributed by atoms with van der Waals surface area (Å²) in [6.45, 7) is 4.03. The maximum absolute atomic E-state index is 13.1. The van der Waals surface area contributed by atoms with Crippen molar-refractivity contribution in [3.8, 4) is 22.8 Å².